The number of anilines is 2. The van der Waals surface area contributed by atoms with Crippen molar-refractivity contribution in [3.63, 3.8) is 0 Å². The average molecular weight is 448 g/mol. The van der Waals surface area contributed by atoms with Crippen LogP contribution in [0.2, 0.25) is 0 Å². The number of carboxylic acid groups (broad SMARTS) is 1. The molecule has 2 aromatic carbocycles. The van der Waals surface area contributed by atoms with Crippen molar-refractivity contribution in [2.45, 2.75) is 6.18 Å². The number of aliphatic carboxylic acids is 1. The van der Waals surface area contributed by atoms with Crippen molar-refractivity contribution in [2.24, 2.45) is 0 Å². The van der Waals surface area contributed by atoms with E-state index >= 15 is 0 Å². The summed E-state index contributed by atoms with van der Waals surface area (Å²) < 4.78 is 58.4. The van der Waals surface area contributed by atoms with E-state index < -0.39 is 23.8 Å². The Hall–Kier alpha value is -4.15. The molecule has 0 aliphatic rings. The molecule has 0 radical (unpaired) electrons. The predicted octanol–water partition coefficient (Wildman–Crippen LogP) is 5.35. The lowest BCUT2D eigenvalue weighted by Crippen LogP contribution is -2.21. The smallest absolute Gasteiger partial charge is 0.475 e. The number of rotatable bonds is 3. The van der Waals surface area contributed by atoms with Gasteiger partial charge in [-0.1, -0.05) is 12.1 Å². The second-order valence-electron chi connectivity index (χ2n) is 6.21. The molecule has 4 rings (SSSR count). The van der Waals surface area contributed by atoms with Crippen molar-refractivity contribution in [3.8, 4) is 11.4 Å². The van der Waals surface area contributed by atoms with Crippen molar-refractivity contribution < 1.29 is 31.9 Å². The van der Waals surface area contributed by atoms with E-state index in [1.807, 2.05) is 36.4 Å². The van der Waals surface area contributed by atoms with Gasteiger partial charge in [0.2, 0.25) is 0 Å². The van der Waals surface area contributed by atoms with Gasteiger partial charge in [-0.2, -0.15) is 13.2 Å². The normalized spacial score (nSPS) is 10.9. The highest BCUT2D eigenvalue weighted by atomic mass is 19.4. The standard InChI is InChI=1S/C19H12F2N4.C2HF3O2/c20-15-6-5-13(11-16(15)21)23-19-14-3-1-2-4-17(14)24-18(25-19)12-7-9-22-10-8-12;3-2(4,5)1(6)7/h1-11H,(H,23,24,25);(H,6,7). The lowest BCUT2D eigenvalue weighted by atomic mass is 10.2. The second-order valence-corrected chi connectivity index (χ2v) is 6.21. The van der Waals surface area contributed by atoms with E-state index in [0.29, 0.717) is 17.3 Å². The predicted molar refractivity (Wildman–Crippen MR) is 106 cm³/mol. The Labute approximate surface area is 177 Å². The van der Waals surface area contributed by atoms with Crippen LogP contribution in [0, 0.1) is 11.6 Å². The number of halogens is 5. The van der Waals surface area contributed by atoms with E-state index in [4.69, 9.17) is 9.90 Å². The number of carboxylic acids is 1. The van der Waals surface area contributed by atoms with Crippen LogP contribution in [0.3, 0.4) is 0 Å². The molecule has 0 atom stereocenters. The number of carbonyl (C=O) groups is 1. The molecule has 0 aliphatic carbocycles. The molecule has 2 aromatic heterocycles. The van der Waals surface area contributed by atoms with Crippen LogP contribution in [0.1, 0.15) is 0 Å². The summed E-state index contributed by atoms with van der Waals surface area (Å²) in [5.74, 6) is -3.53. The Kier molecular flexibility index (Phi) is 6.57. The highest BCUT2D eigenvalue weighted by molar-refractivity contribution is 5.92. The Morgan fingerprint density at radius 3 is 2.19 bits per heavy atom. The summed E-state index contributed by atoms with van der Waals surface area (Å²) in [6.45, 7) is 0. The van der Waals surface area contributed by atoms with Gasteiger partial charge in [-0.25, -0.2) is 23.5 Å². The van der Waals surface area contributed by atoms with Crippen LogP contribution >= 0.6 is 0 Å². The van der Waals surface area contributed by atoms with Gasteiger partial charge in [0.05, 0.1) is 5.52 Å². The Balaban J connectivity index is 0.000000360. The minimum atomic E-state index is -5.08. The maximum Gasteiger partial charge on any atom is 0.490 e. The van der Waals surface area contributed by atoms with Crippen LogP contribution in [0.25, 0.3) is 22.3 Å². The maximum atomic E-state index is 13.5. The quantitative estimate of drug-likeness (QED) is 0.411. The Morgan fingerprint density at radius 1 is 0.906 bits per heavy atom. The zero-order valence-electron chi connectivity index (χ0n) is 15.9. The highest BCUT2D eigenvalue weighted by Gasteiger charge is 2.38. The van der Waals surface area contributed by atoms with Crippen LogP contribution in [0.4, 0.5) is 33.5 Å². The van der Waals surface area contributed by atoms with Crippen molar-refractivity contribution >= 4 is 28.4 Å². The fourth-order valence-corrected chi connectivity index (χ4v) is 2.51. The number of nitrogens with one attached hydrogen (secondary N) is 1. The topological polar surface area (TPSA) is 88.0 Å². The Morgan fingerprint density at radius 2 is 1.56 bits per heavy atom. The van der Waals surface area contributed by atoms with E-state index in [2.05, 4.69) is 20.3 Å². The first-order valence-electron chi connectivity index (χ1n) is 8.84. The summed E-state index contributed by atoms with van der Waals surface area (Å²) in [5.41, 5.74) is 1.96. The van der Waals surface area contributed by atoms with Gasteiger partial charge < -0.3 is 10.4 Å². The molecule has 11 heteroatoms. The fraction of sp³-hybridized carbons (Fsp3) is 0.0476. The molecular formula is C21H13F5N4O2. The number of para-hydroxylation sites is 1. The third-order valence-corrected chi connectivity index (χ3v) is 3.97. The van der Waals surface area contributed by atoms with E-state index in [-0.39, 0.29) is 0 Å². The zero-order chi connectivity index (χ0) is 23.3. The van der Waals surface area contributed by atoms with Crippen LogP contribution in [-0.4, -0.2) is 32.2 Å². The number of benzene rings is 2. The van der Waals surface area contributed by atoms with Crippen molar-refractivity contribution in [1.82, 2.24) is 15.0 Å². The molecule has 6 nitrogen and oxygen atoms in total. The molecule has 4 aromatic rings. The number of hydrogen-bond acceptors (Lipinski definition) is 5. The molecule has 0 saturated carbocycles. The first-order chi connectivity index (χ1) is 15.1. The zero-order valence-corrected chi connectivity index (χ0v) is 15.9. The van der Waals surface area contributed by atoms with Gasteiger partial charge in [0.15, 0.2) is 17.5 Å². The monoisotopic (exact) mass is 448 g/mol. The van der Waals surface area contributed by atoms with Crippen LogP contribution in [0.5, 0.6) is 0 Å². The fourth-order valence-electron chi connectivity index (χ4n) is 2.51. The van der Waals surface area contributed by atoms with Gasteiger partial charge in [0, 0.05) is 35.1 Å². The molecular weight excluding hydrogens is 435 g/mol. The summed E-state index contributed by atoms with van der Waals surface area (Å²) in [6.07, 6.45) is -1.76. The third-order valence-electron chi connectivity index (χ3n) is 3.97. The minimum Gasteiger partial charge on any atom is -0.475 e. The Bertz CT molecular complexity index is 1250. The van der Waals surface area contributed by atoms with Crippen LogP contribution in [-0.2, 0) is 4.79 Å². The average Bonchev–Trinajstić information content (AvgIpc) is 2.76. The number of aromatic nitrogens is 3. The third kappa shape index (κ3) is 5.50. The number of nitrogens with zero attached hydrogens (tertiary/aromatic N) is 3. The lowest BCUT2D eigenvalue weighted by molar-refractivity contribution is -0.192. The summed E-state index contributed by atoms with van der Waals surface area (Å²) in [5, 5.41) is 11.0. The van der Waals surface area contributed by atoms with Gasteiger partial charge in [0.25, 0.3) is 0 Å². The first-order valence-corrected chi connectivity index (χ1v) is 8.84. The molecule has 164 valence electrons. The molecule has 0 unspecified atom stereocenters. The largest absolute Gasteiger partial charge is 0.490 e. The molecule has 0 spiro atoms. The number of pyridine rings is 1. The van der Waals surface area contributed by atoms with Crippen molar-refractivity contribution in [3.05, 3.63) is 78.6 Å². The molecule has 2 heterocycles. The van der Waals surface area contributed by atoms with E-state index in [1.165, 1.54) is 6.07 Å². The molecule has 0 aliphatic heterocycles. The van der Waals surface area contributed by atoms with Gasteiger partial charge in [0.1, 0.15) is 5.82 Å². The molecule has 0 amide bonds. The summed E-state index contributed by atoms with van der Waals surface area (Å²) in [4.78, 5) is 22.0. The first kappa shape index (κ1) is 22.5. The number of alkyl halides is 3. The second kappa shape index (κ2) is 9.33. The molecule has 0 bridgehead atoms. The van der Waals surface area contributed by atoms with Gasteiger partial charge in [-0.3, -0.25) is 4.98 Å². The van der Waals surface area contributed by atoms with Crippen LogP contribution in [0.15, 0.2) is 67.0 Å². The van der Waals surface area contributed by atoms with E-state index in [1.54, 1.807) is 12.4 Å². The number of hydrogen-bond donors (Lipinski definition) is 2. The summed E-state index contributed by atoms with van der Waals surface area (Å²) in [6, 6.07) is 14.7. The molecule has 2 N–H and O–H groups in total. The van der Waals surface area contributed by atoms with E-state index in [0.717, 1.165) is 28.6 Å². The SMILES string of the molecule is Fc1ccc(Nc2nc(-c3ccncc3)nc3ccccc23)cc1F.O=C(O)C(F)(F)F. The highest BCUT2D eigenvalue weighted by Crippen LogP contribution is 2.27. The molecule has 32 heavy (non-hydrogen) atoms. The van der Waals surface area contributed by atoms with Crippen LogP contribution < -0.4 is 5.32 Å². The van der Waals surface area contributed by atoms with Crippen molar-refractivity contribution in [2.75, 3.05) is 5.32 Å². The maximum absolute atomic E-state index is 13.5. The van der Waals surface area contributed by atoms with E-state index in [9.17, 15) is 22.0 Å². The number of fused-ring (bicyclic) bond motifs is 1. The minimum absolute atomic E-state index is 0.406. The summed E-state index contributed by atoms with van der Waals surface area (Å²) >= 11 is 0. The molecule has 0 saturated heterocycles. The van der Waals surface area contributed by atoms with Crippen molar-refractivity contribution in [1.29, 1.82) is 0 Å². The summed E-state index contributed by atoms with van der Waals surface area (Å²) in [7, 11) is 0. The van der Waals surface area contributed by atoms with Gasteiger partial charge in [-0.05, 0) is 36.4 Å². The van der Waals surface area contributed by atoms with Gasteiger partial charge >= 0.3 is 12.1 Å². The lowest BCUT2D eigenvalue weighted by Gasteiger charge is -2.11. The van der Waals surface area contributed by atoms with Gasteiger partial charge in [-0.15, -0.1) is 0 Å². The molecule has 0 fully saturated rings.